The molecule has 0 spiro atoms. The Hall–Kier alpha value is -2.00. The maximum absolute atomic E-state index is 12.3. The lowest BCUT2D eigenvalue weighted by Gasteiger charge is -2.08. The number of hydrogen-bond acceptors (Lipinski definition) is 4. The lowest BCUT2D eigenvalue weighted by atomic mass is 10.2. The molecule has 0 unspecified atom stereocenters. The Balaban J connectivity index is 3.55. The highest BCUT2D eigenvalue weighted by Gasteiger charge is 2.44. The molecule has 0 fully saturated rings. The van der Waals surface area contributed by atoms with Gasteiger partial charge < -0.3 is 15.2 Å². The van der Waals surface area contributed by atoms with Crippen LogP contribution in [0.4, 0.5) is 27.8 Å². The van der Waals surface area contributed by atoms with Gasteiger partial charge in [0.1, 0.15) is 0 Å². The van der Waals surface area contributed by atoms with Crippen LogP contribution in [0, 0.1) is 10.1 Å². The zero-order valence-electron chi connectivity index (χ0n) is 7.70. The zero-order valence-corrected chi connectivity index (χ0v) is 7.70. The van der Waals surface area contributed by atoms with Gasteiger partial charge in [0, 0.05) is 6.07 Å². The van der Waals surface area contributed by atoms with Crippen LogP contribution in [0.5, 0.6) is 5.75 Å². The molecule has 0 aliphatic carbocycles. The first kappa shape index (κ1) is 13.1. The van der Waals surface area contributed by atoms with E-state index in [0.717, 1.165) is 0 Å². The highest BCUT2D eigenvalue weighted by molar-refractivity contribution is 5.44. The summed E-state index contributed by atoms with van der Waals surface area (Å²) >= 11 is 0. The summed E-state index contributed by atoms with van der Waals surface area (Å²) in [5.74, 6) is -3.22. The van der Waals surface area contributed by atoms with E-state index in [9.17, 15) is 32.1 Å². The van der Waals surface area contributed by atoms with Gasteiger partial charge in [-0.25, -0.2) is 8.78 Å². The predicted octanol–water partition coefficient (Wildman–Crippen LogP) is 2.65. The molecule has 10 heteroatoms. The van der Waals surface area contributed by atoms with Crippen molar-refractivity contribution < 1.29 is 32.0 Å². The first-order chi connectivity index (χ1) is 7.64. The summed E-state index contributed by atoms with van der Waals surface area (Å²) in [6, 6.07) is 0.0925. The highest BCUT2D eigenvalue weighted by Crippen LogP contribution is 2.40. The van der Waals surface area contributed by atoms with Crippen molar-refractivity contribution in [3.63, 3.8) is 0 Å². The van der Waals surface area contributed by atoms with Gasteiger partial charge in [-0.3, -0.25) is 0 Å². The average Bonchev–Trinajstić information content (AvgIpc) is 2.15. The van der Waals surface area contributed by atoms with Gasteiger partial charge in [-0.1, -0.05) is 0 Å². The summed E-state index contributed by atoms with van der Waals surface area (Å²) in [4.78, 5) is 11.3. The average molecular weight is 258 g/mol. The minimum absolute atomic E-state index is 0.0925. The third kappa shape index (κ3) is 2.57. The highest BCUT2D eigenvalue weighted by atomic mass is 19.4. The monoisotopic (exact) mass is 258 g/mol. The van der Waals surface area contributed by atoms with Crippen LogP contribution in [0.25, 0.3) is 0 Å². The standard InChI is InChI=1S/C7H3F5N2O3/c8-6(9)2-1-3(14(16)17)13-5(4(2)15)7(10,11)12/h1,6,15H. The van der Waals surface area contributed by atoms with Gasteiger partial charge in [0.05, 0.1) is 5.56 Å². The van der Waals surface area contributed by atoms with Crippen LogP contribution in [-0.4, -0.2) is 15.0 Å². The number of rotatable bonds is 2. The molecule has 17 heavy (non-hydrogen) atoms. The van der Waals surface area contributed by atoms with E-state index < -0.39 is 40.3 Å². The molecule has 0 radical (unpaired) electrons. The minimum atomic E-state index is -5.26. The number of aromatic nitrogens is 1. The largest absolute Gasteiger partial charge is 0.503 e. The molecule has 0 aromatic carbocycles. The van der Waals surface area contributed by atoms with Gasteiger partial charge in [-0.2, -0.15) is 13.2 Å². The van der Waals surface area contributed by atoms with Crippen LogP contribution in [0.1, 0.15) is 17.7 Å². The Labute approximate surface area is 89.7 Å². The summed E-state index contributed by atoms with van der Waals surface area (Å²) in [6.07, 6.45) is -8.75. The number of halogens is 5. The summed E-state index contributed by atoms with van der Waals surface area (Å²) < 4.78 is 61.3. The van der Waals surface area contributed by atoms with Gasteiger partial charge >= 0.3 is 12.0 Å². The summed E-state index contributed by atoms with van der Waals surface area (Å²) in [5, 5.41) is 19.1. The topological polar surface area (TPSA) is 76.3 Å². The van der Waals surface area contributed by atoms with E-state index >= 15 is 0 Å². The minimum Gasteiger partial charge on any atom is -0.503 e. The van der Waals surface area contributed by atoms with E-state index in [1.165, 1.54) is 0 Å². The van der Waals surface area contributed by atoms with E-state index in [-0.39, 0.29) is 6.07 Å². The molecular weight excluding hydrogens is 255 g/mol. The molecule has 0 saturated heterocycles. The zero-order chi connectivity index (χ0) is 13.4. The number of alkyl halides is 5. The SMILES string of the molecule is O=[N+]([O-])c1cc(C(F)F)c(O)c(C(F)(F)F)n1. The van der Waals surface area contributed by atoms with Crippen molar-refractivity contribution >= 4 is 5.82 Å². The normalized spacial score (nSPS) is 11.9. The van der Waals surface area contributed by atoms with Crippen LogP contribution in [0.2, 0.25) is 0 Å². The molecule has 5 nitrogen and oxygen atoms in total. The predicted molar refractivity (Wildman–Crippen MR) is 42.5 cm³/mol. The van der Waals surface area contributed by atoms with Gasteiger partial charge in [0.2, 0.25) is 0 Å². The van der Waals surface area contributed by atoms with Crippen molar-refractivity contribution in [2.75, 3.05) is 0 Å². The first-order valence-electron chi connectivity index (χ1n) is 3.88. The quantitative estimate of drug-likeness (QED) is 0.502. The number of aromatic hydroxyl groups is 1. The van der Waals surface area contributed by atoms with Crippen LogP contribution < -0.4 is 0 Å². The third-order valence-corrected chi connectivity index (χ3v) is 1.70. The molecule has 0 aliphatic heterocycles. The number of nitro groups is 1. The molecule has 1 N–H and O–H groups in total. The maximum atomic E-state index is 12.3. The Morgan fingerprint density at radius 1 is 1.41 bits per heavy atom. The molecule has 1 aromatic rings. The number of nitrogens with zero attached hydrogens (tertiary/aromatic N) is 2. The second-order valence-electron chi connectivity index (χ2n) is 2.82. The van der Waals surface area contributed by atoms with Crippen molar-refractivity contribution in [1.29, 1.82) is 0 Å². The smallest absolute Gasteiger partial charge is 0.461 e. The van der Waals surface area contributed by atoms with E-state index in [4.69, 9.17) is 5.11 Å². The Morgan fingerprint density at radius 3 is 2.29 bits per heavy atom. The van der Waals surface area contributed by atoms with Crippen LogP contribution in [-0.2, 0) is 6.18 Å². The molecule has 1 rings (SSSR count). The molecule has 0 saturated carbocycles. The van der Waals surface area contributed by atoms with Crippen molar-refractivity contribution in [3.05, 3.63) is 27.4 Å². The molecular formula is C7H3F5N2O3. The third-order valence-electron chi connectivity index (χ3n) is 1.70. The fourth-order valence-electron chi connectivity index (χ4n) is 1.00. The lowest BCUT2D eigenvalue weighted by Crippen LogP contribution is -2.11. The molecule has 0 amide bonds. The summed E-state index contributed by atoms with van der Waals surface area (Å²) in [6.45, 7) is 0. The van der Waals surface area contributed by atoms with Gasteiger partial charge in [0.15, 0.2) is 5.75 Å². The van der Waals surface area contributed by atoms with Gasteiger partial charge in [-0.05, 0) is 9.91 Å². The summed E-state index contributed by atoms with van der Waals surface area (Å²) in [7, 11) is 0. The molecule has 94 valence electrons. The van der Waals surface area contributed by atoms with E-state index in [1.807, 2.05) is 0 Å². The molecule has 1 heterocycles. The molecule has 0 aliphatic rings. The molecule has 0 bridgehead atoms. The van der Waals surface area contributed by atoms with Crippen LogP contribution in [0.15, 0.2) is 6.07 Å². The van der Waals surface area contributed by atoms with E-state index in [0.29, 0.717) is 0 Å². The second kappa shape index (κ2) is 4.11. The van der Waals surface area contributed by atoms with Crippen molar-refractivity contribution in [2.45, 2.75) is 12.6 Å². The Bertz CT molecular complexity index is 460. The van der Waals surface area contributed by atoms with Crippen molar-refractivity contribution in [3.8, 4) is 5.75 Å². The second-order valence-corrected chi connectivity index (χ2v) is 2.82. The summed E-state index contributed by atoms with van der Waals surface area (Å²) in [5.41, 5.74) is -3.60. The van der Waals surface area contributed by atoms with E-state index in [1.54, 1.807) is 0 Å². The molecule has 1 aromatic heterocycles. The molecule has 0 atom stereocenters. The Kier molecular flexibility index (Phi) is 3.16. The fraction of sp³-hybridized carbons (Fsp3) is 0.286. The number of pyridine rings is 1. The van der Waals surface area contributed by atoms with Crippen molar-refractivity contribution in [1.82, 2.24) is 4.98 Å². The van der Waals surface area contributed by atoms with E-state index in [2.05, 4.69) is 4.98 Å². The maximum Gasteiger partial charge on any atom is 0.461 e. The van der Waals surface area contributed by atoms with Crippen molar-refractivity contribution in [2.24, 2.45) is 0 Å². The van der Waals surface area contributed by atoms with Gasteiger partial charge in [-0.15, -0.1) is 0 Å². The lowest BCUT2D eigenvalue weighted by molar-refractivity contribution is -0.390. The van der Waals surface area contributed by atoms with Gasteiger partial charge in [0.25, 0.3) is 12.1 Å². The first-order valence-corrected chi connectivity index (χ1v) is 3.88. The fourth-order valence-corrected chi connectivity index (χ4v) is 1.00. The van der Waals surface area contributed by atoms with Crippen LogP contribution >= 0.6 is 0 Å². The number of hydrogen-bond donors (Lipinski definition) is 1. The van der Waals surface area contributed by atoms with Crippen LogP contribution in [0.3, 0.4) is 0 Å². The Morgan fingerprint density at radius 2 is 1.94 bits per heavy atom.